The Bertz CT molecular complexity index is 1170. The number of rotatable bonds is 26. The van der Waals surface area contributed by atoms with Crippen LogP contribution < -0.4 is 16.8 Å². The van der Waals surface area contributed by atoms with Crippen molar-refractivity contribution in [2.45, 2.75) is 135 Å². The standard InChI is InChI=1S/C10H18ClNO3.C10H17NO3.C9H15NO3.C6H13NO2.C5H11NO2.ClH/c1-15-10(14)6-2-3-8-12-9(13)5-4-7-11;1-14-10(13)6-2-3-7-11-8-4-5-9(11)12;11-8-4-3-7-10(8)6-2-1-5-9(12)13;1-9-6(8)4-2-3-5-7;6-4-2-1-3-5(7)8;/h2-8H2,1H3,(H,12,13);2-8H2,1H3;1-7H2,(H,12,13);2-5,7H2,1H3;1-4,6H2,(H,7,8);1H. The number of ether oxygens (including phenoxy) is 3. The zero-order valence-corrected chi connectivity index (χ0v) is 37.8. The number of amides is 3. The highest BCUT2D eigenvalue weighted by Gasteiger charge is 2.20. The number of nitrogens with one attached hydrogen (secondary N) is 1. The highest BCUT2D eigenvalue weighted by Crippen LogP contribution is 2.12. The molecule has 18 nitrogen and oxygen atoms in total. The molecular formula is C40H75Cl2N5O13. The lowest BCUT2D eigenvalue weighted by molar-refractivity contribution is -0.141. The Morgan fingerprint density at radius 2 is 0.950 bits per heavy atom. The van der Waals surface area contributed by atoms with Crippen LogP contribution in [0.2, 0.25) is 0 Å². The number of esters is 3. The van der Waals surface area contributed by atoms with Gasteiger partial charge < -0.3 is 51.0 Å². The number of carbonyl (C=O) groups is 8. The largest absolute Gasteiger partial charge is 0.481 e. The number of carbonyl (C=O) groups excluding carboxylic acids is 6. The molecule has 7 N–H and O–H groups in total. The van der Waals surface area contributed by atoms with E-state index in [9.17, 15) is 38.4 Å². The molecule has 20 heteroatoms. The molecule has 0 aromatic heterocycles. The number of halogens is 2. The summed E-state index contributed by atoms with van der Waals surface area (Å²) in [5.41, 5.74) is 10.3. The second-order valence-electron chi connectivity index (χ2n) is 13.5. The van der Waals surface area contributed by atoms with E-state index in [-0.39, 0.29) is 60.9 Å². The van der Waals surface area contributed by atoms with E-state index >= 15 is 0 Å². The number of likely N-dealkylation sites (tertiary alicyclic amines) is 2. The van der Waals surface area contributed by atoms with Crippen LogP contribution in [-0.4, -0.2) is 141 Å². The SMILES string of the molecule is COC(=O)CCCCN.COC(=O)CCCCN1CCCC1=O.COC(=O)CCCCNC(=O)CCCCl.Cl.NCCCCC(=O)O.O=C(O)CCCCN1CCCC1=O. The molecule has 2 aliphatic heterocycles. The number of carboxylic acids is 2. The van der Waals surface area contributed by atoms with Crippen molar-refractivity contribution in [2.75, 3.05) is 73.0 Å². The van der Waals surface area contributed by atoms with Crippen LogP contribution in [0, 0.1) is 0 Å². The molecule has 2 heterocycles. The summed E-state index contributed by atoms with van der Waals surface area (Å²) in [5.74, 6) is -1.02. The van der Waals surface area contributed by atoms with Crippen molar-refractivity contribution < 1.29 is 62.8 Å². The molecule has 2 aliphatic rings. The number of aliphatic carboxylic acids is 2. The van der Waals surface area contributed by atoms with Crippen molar-refractivity contribution in [1.29, 1.82) is 0 Å². The van der Waals surface area contributed by atoms with Crippen molar-refractivity contribution >= 4 is 71.6 Å². The van der Waals surface area contributed by atoms with Gasteiger partial charge in [0.15, 0.2) is 0 Å². The van der Waals surface area contributed by atoms with Crippen molar-refractivity contribution in [3.05, 3.63) is 0 Å². The number of nitrogens with two attached hydrogens (primary N) is 2. The lowest BCUT2D eigenvalue weighted by Gasteiger charge is -2.14. The number of alkyl halides is 1. The predicted octanol–water partition coefficient (Wildman–Crippen LogP) is 4.19. The van der Waals surface area contributed by atoms with Gasteiger partial charge in [-0.2, -0.15) is 0 Å². The molecule has 0 aromatic rings. The molecule has 352 valence electrons. The van der Waals surface area contributed by atoms with E-state index in [1.54, 1.807) is 0 Å². The zero-order valence-electron chi connectivity index (χ0n) is 36.2. The highest BCUT2D eigenvalue weighted by molar-refractivity contribution is 6.17. The van der Waals surface area contributed by atoms with Crippen LogP contribution in [-0.2, 0) is 52.6 Å². The molecule has 0 atom stereocenters. The molecular weight excluding hydrogens is 829 g/mol. The molecule has 0 bridgehead atoms. The molecule has 0 saturated carbocycles. The molecule has 2 saturated heterocycles. The zero-order chi connectivity index (χ0) is 45.1. The quantitative estimate of drug-likeness (QED) is 0.0352. The summed E-state index contributed by atoms with van der Waals surface area (Å²) in [6.45, 7) is 5.10. The molecule has 3 amide bonds. The Balaban J connectivity index is -0.000000331. The molecule has 0 spiro atoms. The van der Waals surface area contributed by atoms with Gasteiger partial charge >= 0.3 is 29.8 Å². The third kappa shape index (κ3) is 45.3. The minimum atomic E-state index is -0.757. The van der Waals surface area contributed by atoms with E-state index in [0.717, 1.165) is 90.4 Å². The van der Waals surface area contributed by atoms with Crippen LogP contribution in [0.3, 0.4) is 0 Å². The maximum absolute atomic E-state index is 11.2. The number of methoxy groups -OCH3 is 3. The number of nitrogens with zero attached hydrogens (tertiary/aromatic N) is 2. The first kappa shape index (κ1) is 62.9. The second kappa shape index (κ2) is 46.3. The van der Waals surface area contributed by atoms with Crippen LogP contribution in [0.5, 0.6) is 0 Å². The molecule has 0 aliphatic carbocycles. The maximum atomic E-state index is 11.2. The van der Waals surface area contributed by atoms with Gasteiger partial charge in [0.25, 0.3) is 0 Å². The first-order chi connectivity index (χ1) is 28.2. The van der Waals surface area contributed by atoms with Gasteiger partial charge in [0.2, 0.25) is 17.7 Å². The molecule has 60 heavy (non-hydrogen) atoms. The van der Waals surface area contributed by atoms with E-state index in [2.05, 4.69) is 19.5 Å². The summed E-state index contributed by atoms with van der Waals surface area (Å²) in [7, 11) is 4.16. The van der Waals surface area contributed by atoms with Crippen LogP contribution in [0.15, 0.2) is 0 Å². The lowest BCUT2D eigenvalue weighted by atomic mass is 10.2. The minimum absolute atomic E-state index is 0. The summed E-state index contributed by atoms with van der Waals surface area (Å²) in [4.78, 5) is 89.0. The van der Waals surface area contributed by atoms with Crippen molar-refractivity contribution in [2.24, 2.45) is 11.5 Å². The lowest BCUT2D eigenvalue weighted by Crippen LogP contribution is -2.25. The van der Waals surface area contributed by atoms with Crippen LogP contribution >= 0.6 is 24.0 Å². The van der Waals surface area contributed by atoms with Gasteiger partial charge in [-0.3, -0.25) is 38.4 Å². The average Bonchev–Trinajstić information content (AvgIpc) is 3.83. The van der Waals surface area contributed by atoms with Crippen LogP contribution in [0.4, 0.5) is 0 Å². The van der Waals surface area contributed by atoms with E-state index in [0.29, 0.717) is 83.3 Å². The smallest absolute Gasteiger partial charge is 0.305 e. The van der Waals surface area contributed by atoms with Gasteiger partial charge in [0.1, 0.15) is 0 Å². The van der Waals surface area contributed by atoms with Gasteiger partial charge in [-0.15, -0.1) is 24.0 Å². The Labute approximate surface area is 367 Å². The first-order valence-electron chi connectivity index (χ1n) is 20.6. The van der Waals surface area contributed by atoms with Gasteiger partial charge in [-0.05, 0) is 96.6 Å². The van der Waals surface area contributed by atoms with Crippen LogP contribution in [0.1, 0.15) is 135 Å². The summed E-state index contributed by atoms with van der Waals surface area (Å²) in [6.07, 6.45) is 14.2. The van der Waals surface area contributed by atoms with E-state index in [4.69, 9.17) is 33.3 Å². The van der Waals surface area contributed by atoms with Gasteiger partial charge in [-0.1, -0.05) is 0 Å². The van der Waals surface area contributed by atoms with Crippen molar-refractivity contribution in [1.82, 2.24) is 15.1 Å². The van der Waals surface area contributed by atoms with E-state index in [1.807, 2.05) is 9.80 Å². The fraction of sp³-hybridized carbons (Fsp3) is 0.800. The maximum Gasteiger partial charge on any atom is 0.305 e. The summed E-state index contributed by atoms with van der Waals surface area (Å²) < 4.78 is 13.4. The van der Waals surface area contributed by atoms with Gasteiger partial charge in [-0.25, -0.2) is 0 Å². The molecule has 0 aromatic carbocycles. The van der Waals surface area contributed by atoms with Crippen molar-refractivity contribution in [3.63, 3.8) is 0 Å². The van der Waals surface area contributed by atoms with Gasteiger partial charge in [0, 0.05) is 90.0 Å². The Hall–Kier alpha value is -3.74. The summed E-state index contributed by atoms with van der Waals surface area (Å²) in [6, 6.07) is 0. The average molecular weight is 905 g/mol. The number of unbranched alkanes of at least 4 members (excludes halogenated alkanes) is 5. The third-order valence-corrected chi connectivity index (χ3v) is 8.77. The topological polar surface area (TPSA) is 275 Å². The predicted molar refractivity (Wildman–Crippen MR) is 231 cm³/mol. The molecule has 2 fully saturated rings. The van der Waals surface area contributed by atoms with Gasteiger partial charge in [0.05, 0.1) is 21.3 Å². The minimum Gasteiger partial charge on any atom is -0.481 e. The molecule has 0 radical (unpaired) electrons. The molecule has 2 rings (SSSR count). The third-order valence-electron chi connectivity index (χ3n) is 8.50. The summed E-state index contributed by atoms with van der Waals surface area (Å²) in [5, 5.41) is 19.2. The Morgan fingerprint density at radius 3 is 1.28 bits per heavy atom. The Kier molecular flexibility index (Phi) is 48.6. The first-order valence-corrected chi connectivity index (χ1v) is 21.2. The Morgan fingerprint density at radius 1 is 0.583 bits per heavy atom. The van der Waals surface area contributed by atoms with Crippen LogP contribution in [0.25, 0.3) is 0 Å². The van der Waals surface area contributed by atoms with E-state index < -0.39 is 11.9 Å². The van der Waals surface area contributed by atoms with Crippen molar-refractivity contribution in [3.8, 4) is 0 Å². The second-order valence-corrected chi connectivity index (χ2v) is 13.9. The number of carboxylic acid groups (broad SMARTS) is 2. The number of hydrogen-bond donors (Lipinski definition) is 5. The fourth-order valence-electron chi connectivity index (χ4n) is 5.11. The summed E-state index contributed by atoms with van der Waals surface area (Å²) >= 11 is 5.45. The highest BCUT2D eigenvalue weighted by atomic mass is 35.5. The number of hydrogen-bond acceptors (Lipinski definition) is 13. The normalized spacial score (nSPS) is 12.4. The molecule has 0 unspecified atom stereocenters. The van der Waals surface area contributed by atoms with E-state index in [1.165, 1.54) is 21.3 Å². The fourth-order valence-corrected chi connectivity index (χ4v) is 5.24. The monoisotopic (exact) mass is 903 g/mol.